The van der Waals surface area contributed by atoms with Gasteiger partial charge in [-0.05, 0) is 44.7 Å². The van der Waals surface area contributed by atoms with E-state index in [1.807, 2.05) is 13.2 Å². The number of hydrogen-bond acceptors (Lipinski definition) is 4. The highest BCUT2D eigenvalue weighted by atomic mass is 16.3. The van der Waals surface area contributed by atoms with Crippen LogP contribution in [0, 0.1) is 11.3 Å². The van der Waals surface area contributed by atoms with E-state index in [0.29, 0.717) is 11.8 Å². The second kappa shape index (κ2) is 7.57. The highest BCUT2D eigenvalue weighted by Gasteiger charge is 2.37. The molecule has 22 heavy (non-hydrogen) atoms. The highest BCUT2D eigenvalue weighted by Crippen LogP contribution is 2.46. The van der Waals surface area contributed by atoms with E-state index in [0.717, 1.165) is 32.5 Å². The number of aromatic amines is 1. The van der Waals surface area contributed by atoms with Crippen molar-refractivity contribution in [3.8, 4) is 0 Å². The molecule has 1 unspecified atom stereocenters. The van der Waals surface area contributed by atoms with Crippen LogP contribution in [0.5, 0.6) is 0 Å². The molecule has 1 aliphatic rings. The van der Waals surface area contributed by atoms with Gasteiger partial charge in [-0.15, -0.1) is 0 Å². The van der Waals surface area contributed by atoms with Gasteiger partial charge in [-0.25, -0.2) is 0 Å². The maximum Gasteiger partial charge on any atom is 0.0535 e. The predicted octanol–water partition coefficient (Wildman–Crippen LogP) is 1.96. The summed E-state index contributed by atoms with van der Waals surface area (Å²) in [4.78, 5) is 2.32. The number of aliphatic hydroxyl groups excluding tert-OH is 1. The fourth-order valence-corrected chi connectivity index (χ4v) is 3.59. The van der Waals surface area contributed by atoms with Crippen molar-refractivity contribution < 1.29 is 5.11 Å². The van der Waals surface area contributed by atoms with Crippen LogP contribution >= 0.6 is 0 Å². The van der Waals surface area contributed by atoms with E-state index >= 15 is 0 Å². The van der Waals surface area contributed by atoms with E-state index in [-0.39, 0.29) is 12.0 Å². The fraction of sp³-hybridized carbons (Fsp3) is 0.824. The first kappa shape index (κ1) is 17.4. The van der Waals surface area contributed by atoms with E-state index in [1.54, 1.807) is 0 Å². The predicted molar refractivity (Wildman–Crippen MR) is 89.8 cm³/mol. The van der Waals surface area contributed by atoms with Gasteiger partial charge in [0.25, 0.3) is 0 Å². The minimum atomic E-state index is 0.245. The molecule has 2 rings (SSSR count). The van der Waals surface area contributed by atoms with Crippen molar-refractivity contribution in [3.05, 3.63) is 17.5 Å². The lowest BCUT2D eigenvalue weighted by Crippen LogP contribution is -2.34. The summed E-state index contributed by atoms with van der Waals surface area (Å²) >= 11 is 0. The summed E-state index contributed by atoms with van der Waals surface area (Å²) in [5.74, 6) is 0.879. The quantitative estimate of drug-likeness (QED) is 0.720. The third kappa shape index (κ3) is 4.09. The molecule has 1 aliphatic carbocycles. The second-order valence-electron chi connectivity index (χ2n) is 7.49. The number of aromatic nitrogens is 2. The monoisotopic (exact) mass is 308 g/mol. The van der Waals surface area contributed by atoms with Crippen molar-refractivity contribution >= 4 is 0 Å². The molecule has 1 aromatic rings. The van der Waals surface area contributed by atoms with Crippen LogP contribution in [0.15, 0.2) is 6.20 Å². The minimum Gasteiger partial charge on any atom is -0.396 e. The Morgan fingerprint density at radius 3 is 2.95 bits per heavy atom. The van der Waals surface area contributed by atoms with E-state index < -0.39 is 0 Å². The summed E-state index contributed by atoms with van der Waals surface area (Å²) in [6.45, 7) is 7.80. The van der Waals surface area contributed by atoms with Gasteiger partial charge < -0.3 is 15.3 Å². The molecule has 5 heteroatoms. The standard InChI is InChI=1S/C17H32N4O/c1-17(2)6-5-13(9-15(17)12-22)16-14(10-19-20-16)11-21(4)8-7-18-3/h10,13,15,18,22H,5-9,11-12H2,1-4H3,(H,19,20)/t13?,15-/m0/s1. The summed E-state index contributed by atoms with van der Waals surface area (Å²) in [5.41, 5.74) is 2.83. The van der Waals surface area contributed by atoms with Crippen LogP contribution in [0.1, 0.15) is 50.3 Å². The lowest BCUT2D eigenvalue weighted by Gasteiger charge is -2.41. The molecule has 2 atom stereocenters. The topological polar surface area (TPSA) is 64.2 Å². The zero-order valence-electron chi connectivity index (χ0n) is 14.5. The van der Waals surface area contributed by atoms with E-state index in [1.165, 1.54) is 17.7 Å². The number of hydrogen-bond donors (Lipinski definition) is 3. The van der Waals surface area contributed by atoms with Crippen LogP contribution in [-0.4, -0.2) is 54.0 Å². The third-order valence-corrected chi connectivity index (χ3v) is 5.38. The van der Waals surface area contributed by atoms with Gasteiger partial charge in [0.15, 0.2) is 0 Å². The van der Waals surface area contributed by atoms with E-state index in [9.17, 15) is 5.11 Å². The third-order valence-electron chi connectivity index (χ3n) is 5.38. The van der Waals surface area contributed by atoms with Gasteiger partial charge in [0, 0.05) is 43.4 Å². The maximum atomic E-state index is 9.71. The lowest BCUT2D eigenvalue weighted by molar-refractivity contribution is 0.0630. The van der Waals surface area contributed by atoms with Crippen LogP contribution < -0.4 is 5.32 Å². The molecule has 1 fully saturated rings. The first-order chi connectivity index (χ1) is 10.5. The van der Waals surface area contributed by atoms with Gasteiger partial charge in [-0.2, -0.15) is 5.10 Å². The van der Waals surface area contributed by atoms with Gasteiger partial charge in [0.05, 0.1) is 6.20 Å². The summed E-state index contributed by atoms with van der Waals surface area (Å²) in [6, 6.07) is 0. The van der Waals surface area contributed by atoms with E-state index in [2.05, 4.69) is 41.3 Å². The normalized spacial score (nSPS) is 24.8. The summed E-state index contributed by atoms with van der Waals surface area (Å²) < 4.78 is 0. The highest BCUT2D eigenvalue weighted by molar-refractivity contribution is 5.21. The summed E-state index contributed by atoms with van der Waals surface area (Å²) in [5, 5.41) is 20.4. The van der Waals surface area contributed by atoms with Gasteiger partial charge >= 0.3 is 0 Å². The van der Waals surface area contributed by atoms with Crippen molar-refractivity contribution in [2.24, 2.45) is 11.3 Å². The first-order valence-corrected chi connectivity index (χ1v) is 8.44. The molecule has 0 saturated heterocycles. The van der Waals surface area contributed by atoms with Crippen molar-refractivity contribution in [2.45, 2.75) is 45.6 Å². The first-order valence-electron chi connectivity index (χ1n) is 8.44. The molecule has 1 aromatic heterocycles. The molecule has 3 N–H and O–H groups in total. The average molecular weight is 308 g/mol. The molecule has 0 bridgehead atoms. The Morgan fingerprint density at radius 1 is 1.50 bits per heavy atom. The number of nitrogens with zero attached hydrogens (tertiary/aromatic N) is 2. The molecule has 0 aromatic carbocycles. The van der Waals surface area contributed by atoms with Crippen LogP contribution in [0.4, 0.5) is 0 Å². The average Bonchev–Trinajstić information content (AvgIpc) is 2.93. The largest absolute Gasteiger partial charge is 0.396 e. The summed E-state index contributed by atoms with van der Waals surface area (Å²) in [6.07, 6.45) is 5.37. The zero-order valence-corrected chi connectivity index (χ0v) is 14.5. The number of likely N-dealkylation sites (N-methyl/N-ethyl adjacent to an activating group) is 2. The number of rotatable bonds is 7. The summed E-state index contributed by atoms with van der Waals surface area (Å²) in [7, 11) is 4.13. The van der Waals surface area contributed by atoms with Crippen LogP contribution in [0.3, 0.4) is 0 Å². The molecule has 1 heterocycles. The van der Waals surface area contributed by atoms with Gasteiger partial charge in [-0.3, -0.25) is 5.10 Å². The van der Waals surface area contributed by atoms with Gasteiger partial charge in [0.1, 0.15) is 0 Å². The Morgan fingerprint density at radius 2 is 2.27 bits per heavy atom. The lowest BCUT2D eigenvalue weighted by atomic mass is 9.65. The SMILES string of the molecule is CNCCN(C)Cc1cn[nH]c1C1CCC(C)(C)[C@H](CO)C1. The van der Waals surface area contributed by atoms with Crippen LogP contribution in [0.2, 0.25) is 0 Å². The zero-order chi connectivity index (χ0) is 16.2. The van der Waals surface area contributed by atoms with Gasteiger partial charge in [-0.1, -0.05) is 13.8 Å². The molecule has 5 nitrogen and oxygen atoms in total. The molecular weight excluding hydrogens is 276 g/mol. The number of nitrogens with one attached hydrogen (secondary N) is 2. The molecular formula is C17H32N4O. The van der Waals surface area contributed by atoms with Crippen molar-refractivity contribution in [2.75, 3.05) is 33.8 Å². The maximum absolute atomic E-state index is 9.71. The smallest absolute Gasteiger partial charge is 0.0535 e. The fourth-order valence-electron chi connectivity index (χ4n) is 3.59. The molecule has 0 radical (unpaired) electrons. The second-order valence-corrected chi connectivity index (χ2v) is 7.49. The molecule has 1 saturated carbocycles. The van der Waals surface area contributed by atoms with E-state index in [4.69, 9.17) is 0 Å². The Bertz CT molecular complexity index is 457. The van der Waals surface area contributed by atoms with Crippen molar-refractivity contribution in [1.29, 1.82) is 0 Å². The minimum absolute atomic E-state index is 0.245. The molecule has 126 valence electrons. The van der Waals surface area contributed by atoms with Crippen LogP contribution in [0.25, 0.3) is 0 Å². The Balaban J connectivity index is 2.03. The van der Waals surface area contributed by atoms with Crippen molar-refractivity contribution in [3.63, 3.8) is 0 Å². The van der Waals surface area contributed by atoms with Crippen LogP contribution in [-0.2, 0) is 6.54 Å². The van der Waals surface area contributed by atoms with Crippen molar-refractivity contribution in [1.82, 2.24) is 20.4 Å². The Hall–Kier alpha value is -0.910. The molecule has 0 aliphatic heterocycles. The van der Waals surface area contributed by atoms with Gasteiger partial charge in [0.2, 0.25) is 0 Å². The Labute approximate surface area is 134 Å². The Kier molecular flexibility index (Phi) is 6.01. The molecule has 0 amide bonds. The molecule has 0 spiro atoms. The number of H-pyrrole nitrogens is 1. The number of aliphatic hydroxyl groups is 1.